The average Bonchev–Trinajstić information content (AvgIpc) is 2.35. The third-order valence-electron chi connectivity index (χ3n) is 2.38. The summed E-state index contributed by atoms with van der Waals surface area (Å²) in [5.41, 5.74) is 2.03. The zero-order chi connectivity index (χ0) is 12.8. The lowest BCUT2D eigenvalue weighted by Crippen LogP contribution is -2.48. The summed E-state index contributed by atoms with van der Waals surface area (Å²) >= 11 is 0. The second-order valence-corrected chi connectivity index (χ2v) is 4.04. The van der Waals surface area contributed by atoms with E-state index >= 15 is 0 Å². The first-order valence-electron chi connectivity index (χ1n) is 5.36. The standard InChI is InChI=1S/C12H16N2O3/c1-8(2)10(12(16)14-17)13-11(15)9-6-4-3-5-7-9/h3-8,10,17H,1-2H3,(H,13,15)(H,14,16)/t10-/m0/s1. The molecule has 1 aromatic rings. The Balaban J connectivity index is 2.75. The lowest BCUT2D eigenvalue weighted by Gasteiger charge is -2.20. The summed E-state index contributed by atoms with van der Waals surface area (Å²) in [6.45, 7) is 3.57. The highest BCUT2D eigenvalue weighted by Crippen LogP contribution is 2.04. The minimum absolute atomic E-state index is 0.116. The Kier molecular flexibility index (Phi) is 4.66. The smallest absolute Gasteiger partial charge is 0.266 e. The van der Waals surface area contributed by atoms with E-state index in [4.69, 9.17) is 5.21 Å². The van der Waals surface area contributed by atoms with Gasteiger partial charge in [-0.1, -0.05) is 32.0 Å². The molecule has 0 bridgehead atoms. The van der Waals surface area contributed by atoms with Gasteiger partial charge in [-0.25, -0.2) is 5.48 Å². The van der Waals surface area contributed by atoms with Crippen molar-refractivity contribution in [3.8, 4) is 0 Å². The van der Waals surface area contributed by atoms with E-state index in [1.165, 1.54) is 0 Å². The maximum atomic E-state index is 11.8. The summed E-state index contributed by atoms with van der Waals surface area (Å²) in [7, 11) is 0. The molecule has 3 N–H and O–H groups in total. The van der Waals surface area contributed by atoms with Gasteiger partial charge in [0.1, 0.15) is 6.04 Å². The predicted octanol–water partition coefficient (Wildman–Crippen LogP) is 0.946. The van der Waals surface area contributed by atoms with Crippen molar-refractivity contribution in [2.24, 2.45) is 5.92 Å². The molecule has 92 valence electrons. The molecule has 0 aliphatic rings. The van der Waals surface area contributed by atoms with Crippen LogP contribution in [-0.4, -0.2) is 23.1 Å². The van der Waals surface area contributed by atoms with Gasteiger partial charge in [-0.2, -0.15) is 0 Å². The van der Waals surface area contributed by atoms with Gasteiger partial charge < -0.3 is 5.32 Å². The third kappa shape index (κ3) is 3.57. The molecule has 0 aliphatic heterocycles. The molecule has 17 heavy (non-hydrogen) atoms. The number of benzene rings is 1. The fourth-order valence-corrected chi connectivity index (χ4v) is 1.42. The minimum atomic E-state index is -0.757. The molecule has 0 saturated carbocycles. The number of nitrogens with one attached hydrogen (secondary N) is 2. The van der Waals surface area contributed by atoms with E-state index in [0.29, 0.717) is 5.56 Å². The molecule has 2 amide bonds. The van der Waals surface area contributed by atoms with Crippen molar-refractivity contribution in [3.63, 3.8) is 0 Å². The highest BCUT2D eigenvalue weighted by atomic mass is 16.5. The van der Waals surface area contributed by atoms with Gasteiger partial charge in [-0.05, 0) is 18.1 Å². The molecule has 0 unspecified atom stereocenters. The van der Waals surface area contributed by atoms with E-state index in [-0.39, 0.29) is 11.8 Å². The molecule has 0 spiro atoms. The first kappa shape index (κ1) is 13.2. The molecule has 5 heteroatoms. The number of amides is 2. The monoisotopic (exact) mass is 236 g/mol. The Bertz CT molecular complexity index is 390. The highest BCUT2D eigenvalue weighted by molar-refractivity contribution is 5.97. The van der Waals surface area contributed by atoms with Gasteiger partial charge in [0, 0.05) is 5.56 Å². The summed E-state index contributed by atoms with van der Waals surface area (Å²) in [6.07, 6.45) is 0. The van der Waals surface area contributed by atoms with E-state index in [2.05, 4.69) is 5.32 Å². The number of hydrogen-bond acceptors (Lipinski definition) is 3. The second kappa shape index (κ2) is 6.00. The van der Waals surface area contributed by atoms with Crippen molar-refractivity contribution in [2.75, 3.05) is 0 Å². The first-order chi connectivity index (χ1) is 8.06. The summed E-state index contributed by atoms with van der Waals surface area (Å²) in [5, 5.41) is 11.2. The third-order valence-corrected chi connectivity index (χ3v) is 2.38. The van der Waals surface area contributed by atoms with Gasteiger partial charge >= 0.3 is 0 Å². The van der Waals surface area contributed by atoms with E-state index in [1.54, 1.807) is 49.7 Å². The average molecular weight is 236 g/mol. The maximum absolute atomic E-state index is 11.8. The van der Waals surface area contributed by atoms with Crippen molar-refractivity contribution in [1.29, 1.82) is 0 Å². The van der Waals surface area contributed by atoms with Gasteiger partial charge in [0.05, 0.1) is 0 Å². The van der Waals surface area contributed by atoms with Crippen LogP contribution < -0.4 is 10.8 Å². The van der Waals surface area contributed by atoms with E-state index in [0.717, 1.165) is 0 Å². The molecule has 0 aliphatic carbocycles. The van der Waals surface area contributed by atoms with Crippen molar-refractivity contribution < 1.29 is 14.8 Å². The number of hydrogen-bond donors (Lipinski definition) is 3. The quantitative estimate of drug-likeness (QED) is 0.538. The first-order valence-corrected chi connectivity index (χ1v) is 5.36. The summed E-state index contributed by atoms with van der Waals surface area (Å²) in [4.78, 5) is 23.2. The predicted molar refractivity (Wildman–Crippen MR) is 62.5 cm³/mol. The molecule has 0 saturated heterocycles. The highest BCUT2D eigenvalue weighted by Gasteiger charge is 2.24. The number of carbonyl (C=O) groups excluding carboxylic acids is 2. The SMILES string of the molecule is CC(C)[C@H](NC(=O)c1ccccc1)C(=O)NO. The van der Waals surface area contributed by atoms with Crippen LogP contribution in [0.1, 0.15) is 24.2 Å². The van der Waals surface area contributed by atoms with E-state index < -0.39 is 11.9 Å². The molecular weight excluding hydrogens is 220 g/mol. The normalized spacial score (nSPS) is 12.0. The van der Waals surface area contributed by atoms with Crippen molar-refractivity contribution in [3.05, 3.63) is 35.9 Å². The fraction of sp³-hybridized carbons (Fsp3) is 0.333. The van der Waals surface area contributed by atoms with Gasteiger partial charge in [-0.15, -0.1) is 0 Å². The van der Waals surface area contributed by atoms with Crippen LogP contribution in [0.25, 0.3) is 0 Å². The second-order valence-electron chi connectivity index (χ2n) is 4.04. The van der Waals surface area contributed by atoms with Crippen LogP contribution in [0.5, 0.6) is 0 Å². The van der Waals surface area contributed by atoms with Crippen LogP contribution >= 0.6 is 0 Å². The van der Waals surface area contributed by atoms with Crippen LogP contribution in [0.4, 0.5) is 0 Å². The Morgan fingerprint density at radius 2 is 1.76 bits per heavy atom. The van der Waals surface area contributed by atoms with Gasteiger partial charge in [0.15, 0.2) is 0 Å². The Morgan fingerprint density at radius 1 is 1.18 bits per heavy atom. The molecule has 1 atom stereocenters. The maximum Gasteiger partial charge on any atom is 0.266 e. The van der Waals surface area contributed by atoms with Crippen molar-refractivity contribution in [1.82, 2.24) is 10.8 Å². The van der Waals surface area contributed by atoms with Crippen LogP contribution in [0, 0.1) is 5.92 Å². The lowest BCUT2D eigenvalue weighted by atomic mass is 10.0. The molecule has 5 nitrogen and oxygen atoms in total. The van der Waals surface area contributed by atoms with Crippen molar-refractivity contribution in [2.45, 2.75) is 19.9 Å². The lowest BCUT2D eigenvalue weighted by molar-refractivity contribution is -0.132. The van der Waals surface area contributed by atoms with Crippen LogP contribution in [0.2, 0.25) is 0 Å². The Labute approximate surface area is 99.8 Å². The largest absolute Gasteiger partial charge is 0.340 e. The van der Waals surface area contributed by atoms with Gasteiger partial charge in [0.25, 0.3) is 11.8 Å². The number of hydroxylamine groups is 1. The molecule has 0 radical (unpaired) electrons. The fourth-order valence-electron chi connectivity index (χ4n) is 1.42. The van der Waals surface area contributed by atoms with Gasteiger partial charge in [0.2, 0.25) is 0 Å². The van der Waals surface area contributed by atoms with Crippen LogP contribution in [-0.2, 0) is 4.79 Å². The summed E-state index contributed by atoms with van der Waals surface area (Å²) in [6, 6.07) is 7.84. The molecule has 1 rings (SSSR count). The summed E-state index contributed by atoms with van der Waals surface area (Å²) in [5.74, 6) is -1.08. The molecule has 1 aromatic carbocycles. The Hall–Kier alpha value is -1.88. The Morgan fingerprint density at radius 3 is 2.24 bits per heavy atom. The minimum Gasteiger partial charge on any atom is -0.340 e. The molecule has 0 aromatic heterocycles. The zero-order valence-corrected chi connectivity index (χ0v) is 9.81. The zero-order valence-electron chi connectivity index (χ0n) is 9.81. The molecule has 0 heterocycles. The summed E-state index contributed by atoms with van der Waals surface area (Å²) < 4.78 is 0. The van der Waals surface area contributed by atoms with Crippen LogP contribution in [0.15, 0.2) is 30.3 Å². The van der Waals surface area contributed by atoms with E-state index in [9.17, 15) is 9.59 Å². The van der Waals surface area contributed by atoms with Crippen molar-refractivity contribution >= 4 is 11.8 Å². The molecular formula is C12H16N2O3. The topological polar surface area (TPSA) is 78.4 Å². The van der Waals surface area contributed by atoms with E-state index in [1.807, 2.05) is 0 Å². The molecule has 0 fully saturated rings. The number of rotatable bonds is 4. The number of carbonyl (C=O) groups is 2. The van der Waals surface area contributed by atoms with Crippen LogP contribution in [0.3, 0.4) is 0 Å². The van der Waals surface area contributed by atoms with Gasteiger partial charge in [-0.3, -0.25) is 14.8 Å².